The lowest BCUT2D eigenvalue weighted by molar-refractivity contribution is 0.0188. The molecule has 0 unspecified atom stereocenters. The zero-order valence-corrected chi connectivity index (χ0v) is 18.2. The monoisotopic (exact) mass is 392 g/mol. The van der Waals surface area contributed by atoms with E-state index in [1.165, 1.54) is 37.7 Å². The van der Waals surface area contributed by atoms with Crippen molar-refractivity contribution in [2.45, 2.75) is 84.2 Å². The zero-order chi connectivity index (χ0) is 20.5. The molecule has 1 aromatic rings. The molecule has 156 valence electrons. The van der Waals surface area contributed by atoms with Crippen LogP contribution in [0.3, 0.4) is 0 Å². The molecule has 2 nitrogen and oxygen atoms in total. The van der Waals surface area contributed by atoms with Crippen molar-refractivity contribution in [3.63, 3.8) is 0 Å². The predicted molar refractivity (Wildman–Crippen MR) is 120 cm³/mol. The Kier molecular flexibility index (Phi) is 8.41. The van der Waals surface area contributed by atoms with E-state index in [4.69, 9.17) is 4.74 Å². The Hall–Kier alpha value is -2.01. The second-order valence-corrected chi connectivity index (χ2v) is 8.77. The van der Waals surface area contributed by atoms with Crippen LogP contribution in [0.15, 0.2) is 36.4 Å². The predicted octanol–water partition coefficient (Wildman–Crippen LogP) is 6.74. The van der Waals surface area contributed by atoms with Gasteiger partial charge in [-0.1, -0.05) is 50.3 Å². The number of rotatable bonds is 5. The van der Waals surface area contributed by atoms with Crippen molar-refractivity contribution >= 4 is 5.97 Å². The lowest BCUT2D eigenvalue weighted by atomic mass is 9.81. The summed E-state index contributed by atoms with van der Waals surface area (Å²) >= 11 is 0. The lowest BCUT2D eigenvalue weighted by Crippen LogP contribution is -2.24. The molecule has 3 rings (SSSR count). The van der Waals surface area contributed by atoms with Crippen LogP contribution in [0.1, 0.15) is 87.6 Å². The van der Waals surface area contributed by atoms with E-state index in [1.807, 2.05) is 24.3 Å². The normalized spacial score (nSPS) is 27.2. The summed E-state index contributed by atoms with van der Waals surface area (Å²) in [7, 11) is 0. The molecule has 0 spiro atoms. The molecular weight excluding hydrogens is 356 g/mol. The van der Waals surface area contributed by atoms with Gasteiger partial charge in [0.2, 0.25) is 0 Å². The van der Waals surface area contributed by atoms with Crippen LogP contribution in [-0.4, -0.2) is 12.1 Å². The molecule has 1 aromatic carbocycles. The van der Waals surface area contributed by atoms with Crippen LogP contribution in [0.5, 0.6) is 0 Å². The maximum atomic E-state index is 12.3. The second kappa shape index (κ2) is 11.2. The van der Waals surface area contributed by atoms with Gasteiger partial charge in [0.15, 0.2) is 0 Å². The number of hydrogen-bond donors (Lipinski definition) is 0. The largest absolute Gasteiger partial charge is 0.459 e. The summed E-state index contributed by atoms with van der Waals surface area (Å²) in [5, 5.41) is 0. The molecule has 29 heavy (non-hydrogen) atoms. The van der Waals surface area contributed by atoms with Gasteiger partial charge in [0.25, 0.3) is 0 Å². The molecule has 0 amide bonds. The van der Waals surface area contributed by atoms with Gasteiger partial charge >= 0.3 is 5.97 Å². The summed E-state index contributed by atoms with van der Waals surface area (Å²) in [6.45, 7) is 4.42. The SMILES string of the molecule is CCc1ccc(C(=O)O[C@H]2CC[C@H](C#CC=C[C@H]3CC[C@H](CC)CC3)CC2)cc1. The average molecular weight is 393 g/mol. The number of allylic oxidation sites excluding steroid dienone is 2. The summed E-state index contributed by atoms with van der Waals surface area (Å²) in [6.07, 6.45) is 16.1. The fourth-order valence-electron chi connectivity index (χ4n) is 4.56. The molecule has 0 heterocycles. The first-order chi connectivity index (χ1) is 14.2. The van der Waals surface area contributed by atoms with Gasteiger partial charge in [-0.15, -0.1) is 0 Å². The number of aryl methyl sites for hydroxylation is 1. The first-order valence-electron chi connectivity index (χ1n) is 11.7. The Morgan fingerprint density at radius 3 is 2.31 bits per heavy atom. The maximum absolute atomic E-state index is 12.3. The van der Waals surface area contributed by atoms with Crippen molar-refractivity contribution in [3.8, 4) is 11.8 Å². The first kappa shape index (κ1) is 21.7. The van der Waals surface area contributed by atoms with Gasteiger partial charge in [0.05, 0.1) is 5.56 Å². The van der Waals surface area contributed by atoms with Crippen LogP contribution in [0.4, 0.5) is 0 Å². The third-order valence-electron chi connectivity index (χ3n) is 6.75. The number of carbonyl (C=O) groups excluding carboxylic acids is 1. The Morgan fingerprint density at radius 1 is 1.00 bits per heavy atom. The zero-order valence-electron chi connectivity index (χ0n) is 18.2. The summed E-state index contributed by atoms with van der Waals surface area (Å²) in [5.41, 5.74) is 1.89. The number of hydrogen-bond acceptors (Lipinski definition) is 2. The van der Waals surface area contributed by atoms with Gasteiger partial charge < -0.3 is 4.74 Å². The van der Waals surface area contributed by atoms with E-state index < -0.39 is 0 Å². The topological polar surface area (TPSA) is 26.3 Å². The standard InChI is InChI=1S/C27H36O2/c1-3-21-9-11-23(12-10-21)7-5-6-8-24-15-19-26(20-16-24)29-27(28)25-17-13-22(4-2)14-18-25/h5,7,13-14,17-18,21,23-24,26H,3-4,9-12,15-16,19-20H2,1-2H3/t21-,23-,24-,26-. The molecule has 0 atom stereocenters. The van der Waals surface area contributed by atoms with Gasteiger partial charge in [0.1, 0.15) is 6.10 Å². The molecule has 0 saturated heterocycles. The van der Waals surface area contributed by atoms with Crippen molar-refractivity contribution in [3.05, 3.63) is 47.5 Å². The third-order valence-corrected chi connectivity index (χ3v) is 6.75. The summed E-state index contributed by atoms with van der Waals surface area (Å²) in [6, 6.07) is 7.76. The Morgan fingerprint density at radius 2 is 1.69 bits per heavy atom. The molecule has 2 saturated carbocycles. The summed E-state index contributed by atoms with van der Waals surface area (Å²) in [4.78, 5) is 12.3. The number of ether oxygens (including phenoxy) is 1. The molecular formula is C27H36O2. The molecule has 0 bridgehead atoms. The van der Waals surface area contributed by atoms with Crippen LogP contribution in [0.25, 0.3) is 0 Å². The fourth-order valence-corrected chi connectivity index (χ4v) is 4.56. The van der Waals surface area contributed by atoms with E-state index in [2.05, 4.69) is 37.8 Å². The maximum Gasteiger partial charge on any atom is 0.338 e. The minimum atomic E-state index is -0.192. The first-order valence-corrected chi connectivity index (χ1v) is 11.7. The van der Waals surface area contributed by atoms with Crippen molar-refractivity contribution in [1.29, 1.82) is 0 Å². The highest BCUT2D eigenvalue weighted by Crippen LogP contribution is 2.31. The van der Waals surface area contributed by atoms with Crippen molar-refractivity contribution in [2.24, 2.45) is 17.8 Å². The Bertz CT molecular complexity index is 718. The minimum absolute atomic E-state index is 0.0377. The number of carbonyl (C=O) groups is 1. The van der Waals surface area contributed by atoms with Crippen molar-refractivity contribution in [1.82, 2.24) is 0 Å². The summed E-state index contributed by atoms with van der Waals surface area (Å²) < 4.78 is 5.72. The molecule has 0 radical (unpaired) electrons. The fraction of sp³-hybridized carbons (Fsp3) is 0.593. The van der Waals surface area contributed by atoms with Gasteiger partial charge in [-0.2, -0.15) is 0 Å². The van der Waals surface area contributed by atoms with Crippen LogP contribution >= 0.6 is 0 Å². The van der Waals surface area contributed by atoms with E-state index in [0.717, 1.165) is 43.9 Å². The van der Waals surface area contributed by atoms with Crippen LogP contribution in [0.2, 0.25) is 0 Å². The van der Waals surface area contributed by atoms with Crippen molar-refractivity contribution < 1.29 is 9.53 Å². The highest BCUT2D eigenvalue weighted by Gasteiger charge is 2.23. The highest BCUT2D eigenvalue weighted by atomic mass is 16.5. The van der Waals surface area contributed by atoms with Crippen LogP contribution in [0, 0.1) is 29.6 Å². The smallest absolute Gasteiger partial charge is 0.338 e. The Labute approximate surface area is 177 Å². The lowest BCUT2D eigenvalue weighted by Gasteiger charge is -2.25. The van der Waals surface area contributed by atoms with E-state index >= 15 is 0 Å². The van der Waals surface area contributed by atoms with Gasteiger partial charge in [0, 0.05) is 5.92 Å². The van der Waals surface area contributed by atoms with Crippen LogP contribution < -0.4 is 0 Å². The van der Waals surface area contributed by atoms with Gasteiger partial charge in [-0.3, -0.25) is 0 Å². The van der Waals surface area contributed by atoms with Gasteiger partial charge in [-0.05, 0) is 93.4 Å². The Balaban J connectivity index is 1.37. The molecule has 0 N–H and O–H groups in total. The van der Waals surface area contributed by atoms with Gasteiger partial charge in [-0.25, -0.2) is 4.79 Å². The molecule has 2 fully saturated rings. The minimum Gasteiger partial charge on any atom is -0.459 e. The molecule has 0 aromatic heterocycles. The number of esters is 1. The molecule has 0 aliphatic heterocycles. The highest BCUT2D eigenvalue weighted by molar-refractivity contribution is 5.89. The van der Waals surface area contributed by atoms with Crippen molar-refractivity contribution in [2.75, 3.05) is 0 Å². The van der Waals surface area contributed by atoms with E-state index in [9.17, 15) is 4.79 Å². The third kappa shape index (κ3) is 6.77. The van der Waals surface area contributed by atoms with E-state index in [-0.39, 0.29) is 12.1 Å². The quantitative estimate of drug-likeness (QED) is 0.410. The molecule has 2 heteroatoms. The number of benzene rings is 1. The van der Waals surface area contributed by atoms with Crippen LogP contribution in [-0.2, 0) is 11.2 Å². The van der Waals surface area contributed by atoms with E-state index in [1.54, 1.807) is 0 Å². The second-order valence-electron chi connectivity index (χ2n) is 8.77. The molecule has 2 aliphatic rings. The van der Waals surface area contributed by atoms with E-state index in [0.29, 0.717) is 11.5 Å². The summed E-state index contributed by atoms with van der Waals surface area (Å²) in [5.74, 6) is 8.63. The average Bonchev–Trinajstić information content (AvgIpc) is 2.78. The molecule has 2 aliphatic carbocycles.